The second-order valence-electron chi connectivity index (χ2n) is 11.5. The topological polar surface area (TPSA) is 90.1 Å². The fourth-order valence-electron chi connectivity index (χ4n) is 5.38. The van der Waals surface area contributed by atoms with E-state index in [0.717, 1.165) is 66.2 Å². The number of fused-ring (bicyclic) bond motifs is 2. The number of carboxylic acids is 1. The highest BCUT2D eigenvalue weighted by atomic mass is 35.5. The first-order valence-electron chi connectivity index (χ1n) is 14.1. The summed E-state index contributed by atoms with van der Waals surface area (Å²) >= 11 is 7.76. The molecule has 1 N–H and O–H groups in total. The van der Waals surface area contributed by atoms with Gasteiger partial charge in [-0.25, -0.2) is 9.78 Å². The predicted molar refractivity (Wildman–Crippen MR) is 174 cm³/mol. The van der Waals surface area contributed by atoms with E-state index in [-0.39, 0.29) is 0 Å². The largest absolute Gasteiger partial charge is 0.479 e. The standard InChI is InChI=1S/C34H31ClN4O3S/c1-6-39-27-12-9-21(16-23(27)18-37-39)25-17-22(13-14-36-25)32-38-26-15-19(2)28(30(33(40)41)42-34(3,4)5)29(31(26)43-32)20-7-10-24(35)11-8-20/h7-18,30H,6H2,1-5H3,(H,40,41)/t30-/m0/s1. The molecule has 0 bridgehead atoms. The molecule has 0 saturated heterocycles. The van der Waals surface area contributed by atoms with E-state index in [2.05, 4.69) is 35.2 Å². The Hall–Kier alpha value is -4.11. The first kappa shape index (κ1) is 29.0. The van der Waals surface area contributed by atoms with Crippen LogP contribution in [0.5, 0.6) is 0 Å². The average Bonchev–Trinajstić information content (AvgIpc) is 3.59. The van der Waals surface area contributed by atoms with Crippen molar-refractivity contribution in [2.24, 2.45) is 0 Å². The van der Waals surface area contributed by atoms with Crippen molar-refractivity contribution in [2.45, 2.75) is 52.9 Å². The third kappa shape index (κ3) is 5.66. The Bertz CT molecular complexity index is 1990. The van der Waals surface area contributed by atoms with Crippen LogP contribution < -0.4 is 0 Å². The lowest BCUT2D eigenvalue weighted by Gasteiger charge is -2.28. The van der Waals surface area contributed by atoms with E-state index in [1.165, 1.54) is 11.3 Å². The number of nitrogens with zero attached hydrogens (tertiary/aromatic N) is 4. The highest BCUT2D eigenvalue weighted by Gasteiger charge is 2.32. The number of pyridine rings is 1. The van der Waals surface area contributed by atoms with Crippen LogP contribution in [0.3, 0.4) is 0 Å². The average molecular weight is 611 g/mol. The van der Waals surface area contributed by atoms with Gasteiger partial charge in [0.2, 0.25) is 0 Å². The lowest BCUT2D eigenvalue weighted by atomic mass is 9.91. The van der Waals surface area contributed by atoms with Crippen LogP contribution in [0.2, 0.25) is 5.02 Å². The van der Waals surface area contributed by atoms with E-state index in [0.29, 0.717) is 10.6 Å². The summed E-state index contributed by atoms with van der Waals surface area (Å²) in [6.45, 7) is 10.4. The molecule has 1 atom stereocenters. The maximum Gasteiger partial charge on any atom is 0.337 e. The molecule has 0 radical (unpaired) electrons. The minimum absolute atomic E-state index is 0.601. The molecule has 9 heteroatoms. The smallest absolute Gasteiger partial charge is 0.337 e. The summed E-state index contributed by atoms with van der Waals surface area (Å²) in [5.74, 6) is -1.04. The van der Waals surface area contributed by atoms with E-state index in [1.54, 1.807) is 6.20 Å². The molecule has 43 heavy (non-hydrogen) atoms. The number of hydrogen-bond donors (Lipinski definition) is 1. The number of carbonyl (C=O) groups is 1. The number of thiazole rings is 1. The van der Waals surface area contributed by atoms with Gasteiger partial charge in [0.25, 0.3) is 0 Å². The second-order valence-corrected chi connectivity index (χ2v) is 12.9. The summed E-state index contributed by atoms with van der Waals surface area (Å²) in [4.78, 5) is 22.3. The summed E-state index contributed by atoms with van der Waals surface area (Å²) in [5, 5.41) is 17.3. The molecule has 218 valence electrons. The number of aryl methyl sites for hydroxylation is 2. The molecule has 0 amide bonds. The predicted octanol–water partition coefficient (Wildman–Crippen LogP) is 8.96. The van der Waals surface area contributed by atoms with Crippen molar-refractivity contribution in [2.75, 3.05) is 0 Å². The number of aromatic nitrogens is 4. The lowest BCUT2D eigenvalue weighted by molar-refractivity contribution is -0.160. The maximum atomic E-state index is 12.6. The minimum atomic E-state index is -1.17. The first-order valence-corrected chi connectivity index (χ1v) is 15.2. The normalized spacial score (nSPS) is 12.7. The first-order chi connectivity index (χ1) is 20.5. The molecule has 6 rings (SSSR count). The summed E-state index contributed by atoms with van der Waals surface area (Å²) < 4.78 is 9.00. The zero-order valence-corrected chi connectivity index (χ0v) is 26.1. The Kier molecular flexibility index (Phi) is 7.54. The molecule has 0 aliphatic heterocycles. The number of rotatable bonds is 7. The SMILES string of the molecule is CCn1ncc2cc(-c3cc(-c4nc5cc(C)c([C@H](OC(C)(C)C)C(=O)O)c(-c6ccc(Cl)cc6)c5s4)ccn3)ccc21. The zero-order valence-electron chi connectivity index (χ0n) is 24.6. The quantitative estimate of drug-likeness (QED) is 0.194. The molecular weight excluding hydrogens is 580 g/mol. The van der Waals surface area contributed by atoms with Crippen molar-refractivity contribution >= 4 is 50.0 Å². The molecular formula is C34H31ClN4O3S. The van der Waals surface area contributed by atoms with Crippen molar-refractivity contribution in [1.29, 1.82) is 0 Å². The van der Waals surface area contributed by atoms with Gasteiger partial charge >= 0.3 is 5.97 Å². The highest BCUT2D eigenvalue weighted by Crippen LogP contribution is 2.44. The zero-order chi connectivity index (χ0) is 30.5. The van der Waals surface area contributed by atoms with Crippen molar-refractivity contribution < 1.29 is 14.6 Å². The Morgan fingerprint density at radius 1 is 1.05 bits per heavy atom. The summed E-state index contributed by atoms with van der Waals surface area (Å²) in [5.41, 5.74) is 7.01. The van der Waals surface area contributed by atoms with Crippen LogP contribution in [0, 0.1) is 6.92 Å². The van der Waals surface area contributed by atoms with Crippen LogP contribution >= 0.6 is 22.9 Å². The molecule has 0 aliphatic rings. The van der Waals surface area contributed by atoms with E-state index < -0.39 is 17.7 Å². The Morgan fingerprint density at radius 2 is 1.79 bits per heavy atom. The Labute approximate surface area is 258 Å². The molecule has 0 aliphatic carbocycles. The van der Waals surface area contributed by atoms with Crippen LogP contribution in [0.4, 0.5) is 0 Å². The molecule has 6 aromatic rings. The molecule has 3 aromatic heterocycles. The number of carboxylic acid groups (broad SMARTS) is 1. The van der Waals surface area contributed by atoms with Gasteiger partial charge in [-0.2, -0.15) is 5.10 Å². The molecule has 0 spiro atoms. The van der Waals surface area contributed by atoms with Gasteiger partial charge in [0.1, 0.15) is 5.01 Å². The van der Waals surface area contributed by atoms with Crippen molar-refractivity contribution in [1.82, 2.24) is 19.7 Å². The van der Waals surface area contributed by atoms with Gasteiger partial charge in [-0.3, -0.25) is 9.67 Å². The molecule has 7 nitrogen and oxygen atoms in total. The summed E-state index contributed by atoms with van der Waals surface area (Å²) in [6.07, 6.45) is 2.51. The second kappa shape index (κ2) is 11.2. The summed E-state index contributed by atoms with van der Waals surface area (Å²) in [6, 6.07) is 19.6. The van der Waals surface area contributed by atoms with Crippen molar-refractivity contribution in [3.05, 3.63) is 89.2 Å². The fourth-order valence-corrected chi connectivity index (χ4v) is 6.63. The lowest BCUT2D eigenvalue weighted by Crippen LogP contribution is -2.28. The molecule has 3 aromatic carbocycles. The number of hydrogen-bond acceptors (Lipinski definition) is 6. The van der Waals surface area contributed by atoms with Gasteiger partial charge in [0, 0.05) is 45.4 Å². The van der Waals surface area contributed by atoms with Gasteiger partial charge in [-0.15, -0.1) is 11.3 Å². The number of ether oxygens (including phenoxy) is 1. The highest BCUT2D eigenvalue weighted by molar-refractivity contribution is 7.22. The number of halogens is 1. The third-order valence-electron chi connectivity index (χ3n) is 7.26. The fraction of sp³-hybridized carbons (Fsp3) is 0.235. The molecule has 0 fully saturated rings. The van der Waals surface area contributed by atoms with Crippen molar-refractivity contribution in [3.63, 3.8) is 0 Å². The Morgan fingerprint density at radius 3 is 2.49 bits per heavy atom. The van der Waals surface area contributed by atoms with Crippen LogP contribution in [-0.2, 0) is 16.1 Å². The van der Waals surface area contributed by atoms with Gasteiger partial charge in [-0.05, 0) is 88.2 Å². The van der Waals surface area contributed by atoms with Gasteiger partial charge in [0.15, 0.2) is 6.10 Å². The van der Waals surface area contributed by atoms with Crippen LogP contribution in [0.25, 0.3) is 54.1 Å². The van der Waals surface area contributed by atoms with E-state index in [9.17, 15) is 9.90 Å². The Balaban J connectivity index is 1.51. The molecule has 3 heterocycles. The van der Waals surface area contributed by atoms with Gasteiger partial charge < -0.3 is 9.84 Å². The summed E-state index contributed by atoms with van der Waals surface area (Å²) in [7, 11) is 0. The van der Waals surface area contributed by atoms with Crippen LogP contribution in [0.15, 0.2) is 73.1 Å². The van der Waals surface area contributed by atoms with Gasteiger partial charge in [-0.1, -0.05) is 29.8 Å². The number of aliphatic carboxylic acids is 1. The monoisotopic (exact) mass is 610 g/mol. The molecule has 0 saturated carbocycles. The maximum absolute atomic E-state index is 12.6. The third-order valence-corrected chi connectivity index (χ3v) is 8.65. The molecule has 0 unspecified atom stereocenters. The number of benzene rings is 3. The van der Waals surface area contributed by atoms with Crippen LogP contribution in [0.1, 0.15) is 44.9 Å². The minimum Gasteiger partial charge on any atom is -0.479 e. The van der Waals surface area contributed by atoms with E-state index >= 15 is 0 Å². The van der Waals surface area contributed by atoms with Crippen LogP contribution in [-0.4, -0.2) is 36.4 Å². The van der Waals surface area contributed by atoms with Gasteiger partial charge in [0.05, 0.1) is 33.2 Å². The van der Waals surface area contributed by atoms with E-state index in [4.69, 9.17) is 21.3 Å². The van der Waals surface area contributed by atoms with E-state index in [1.807, 2.05) is 81.0 Å². The van der Waals surface area contributed by atoms with Crippen molar-refractivity contribution in [3.8, 4) is 33.0 Å².